The summed E-state index contributed by atoms with van der Waals surface area (Å²) in [6, 6.07) is 16.0. The van der Waals surface area contributed by atoms with Gasteiger partial charge in [0.1, 0.15) is 5.76 Å². The fraction of sp³-hybridized carbons (Fsp3) is 0.217. The van der Waals surface area contributed by atoms with E-state index in [4.69, 9.17) is 0 Å². The van der Waals surface area contributed by atoms with Gasteiger partial charge in [-0.15, -0.1) is 6.58 Å². The number of ketones is 1. The van der Waals surface area contributed by atoms with E-state index in [1.54, 1.807) is 30.3 Å². The molecule has 1 atom stereocenters. The minimum atomic E-state index is -0.670. The topological polar surface area (TPSA) is 57.6 Å². The Balaban J connectivity index is 2.16. The first-order chi connectivity index (χ1) is 13.0. The Morgan fingerprint density at radius 2 is 1.74 bits per heavy atom. The molecule has 1 N–H and O–H groups in total. The van der Waals surface area contributed by atoms with Crippen LogP contribution >= 0.6 is 0 Å². The first-order valence-corrected chi connectivity index (χ1v) is 9.00. The normalized spacial score (nSPS) is 18.9. The van der Waals surface area contributed by atoms with E-state index in [1.165, 1.54) is 10.5 Å². The van der Waals surface area contributed by atoms with Gasteiger partial charge in [0.15, 0.2) is 0 Å². The summed E-state index contributed by atoms with van der Waals surface area (Å²) in [6.45, 7) is 8.13. The van der Waals surface area contributed by atoms with Crippen molar-refractivity contribution in [2.24, 2.45) is 0 Å². The molecule has 1 aliphatic heterocycles. The number of hydrogen-bond donors (Lipinski definition) is 1. The Labute approximate surface area is 159 Å². The second kappa shape index (κ2) is 7.62. The second-order valence-corrected chi connectivity index (χ2v) is 6.93. The summed E-state index contributed by atoms with van der Waals surface area (Å²) in [5.41, 5.74) is 2.59. The zero-order valence-corrected chi connectivity index (χ0v) is 15.6. The predicted molar refractivity (Wildman–Crippen MR) is 106 cm³/mol. The zero-order chi connectivity index (χ0) is 19.6. The van der Waals surface area contributed by atoms with Gasteiger partial charge in [0.05, 0.1) is 11.6 Å². The maximum Gasteiger partial charge on any atom is 0.295 e. The number of aliphatic hydroxyl groups excluding tert-OH is 1. The fourth-order valence-corrected chi connectivity index (χ4v) is 3.37. The van der Waals surface area contributed by atoms with E-state index >= 15 is 0 Å². The lowest BCUT2D eigenvalue weighted by Gasteiger charge is -2.24. The Kier molecular flexibility index (Phi) is 5.26. The van der Waals surface area contributed by atoms with Crippen molar-refractivity contribution in [2.75, 3.05) is 6.54 Å². The number of amides is 1. The highest BCUT2D eigenvalue weighted by molar-refractivity contribution is 6.46. The number of likely N-dealkylation sites (tertiary alicyclic amines) is 1. The molecule has 1 amide bonds. The molecule has 27 heavy (non-hydrogen) atoms. The van der Waals surface area contributed by atoms with Crippen molar-refractivity contribution in [3.05, 3.63) is 89.5 Å². The van der Waals surface area contributed by atoms with Gasteiger partial charge in [-0.3, -0.25) is 9.59 Å². The molecule has 0 radical (unpaired) electrons. The van der Waals surface area contributed by atoms with Crippen molar-refractivity contribution in [2.45, 2.75) is 25.8 Å². The third kappa shape index (κ3) is 3.43. The van der Waals surface area contributed by atoms with Crippen LogP contribution in [0.2, 0.25) is 0 Å². The quantitative estimate of drug-likeness (QED) is 0.371. The Bertz CT molecular complexity index is 895. The average Bonchev–Trinajstić information content (AvgIpc) is 2.93. The molecule has 4 heteroatoms. The number of benzene rings is 2. The minimum Gasteiger partial charge on any atom is -0.507 e. The van der Waals surface area contributed by atoms with Crippen LogP contribution in [-0.2, 0) is 9.59 Å². The molecule has 4 nitrogen and oxygen atoms in total. The van der Waals surface area contributed by atoms with Crippen LogP contribution in [0.3, 0.4) is 0 Å². The van der Waals surface area contributed by atoms with E-state index in [2.05, 4.69) is 20.4 Å². The highest BCUT2D eigenvalue weighted by Gasteiger charge is 2.45. The predicted octanol–water partition coefficient (Wildman–Crippen LogP) is 4.42. The van der Waals surface area contributed by atoms with E-state index in [9.17, 15) is 14.7 Å². The van der Waals surface area contributed by atoms with Gasteiger partial charge in [0.25, 0.3) is 11.7 Å². The number of rotatable bonds is 5. The van der Waals surface area contributed by atoms with Gasteiger partial charge in [-0.2, -0.15) is 0 Å². The van der Waals surface area contributed by atoms with Gasteiger partial charge in [0, 0.05) is 12.1 Å². The molecule has 0 bridgehead atoms. The van der Waals surface area contributed by atoms with E-state index in [1.807, 2.05) is 30.3 Å². The van der Waals surface area contributed by atoms with Gasteiger partial charge in [-0.1, -0.05) is 74.5 Å². The first kappa shape index (κ1) is 18.6. The number of carbonyl (C=O) groups excluding carboxylic acids is 2. The highest BCUT2D eigenvalue weighted by Crippen LogP contribution is 2.39. The third-order valence-electron chi connectivity index (χ3n) is 4.83. The van der Waals surface area contributed by atoms with Crippen molar-refractivity contribution < 1.29 is 14.7 Å². The van der Waals surface area contributed by atoms with Crippen LogP contribution in [0.15, 0.2) is 72.8 Å². The lowest BCUT2D eigenvalue weighted by atomic mass is 9.93. The molecular weight excluding hydrogens is 338 g/mol. The largest absolute Gasteiger partial charge is 0.507 e. The van der Waals surface area contributed by atoms with Crippen LogP contribution in [-0.4, -0.2) is 28.2 Å². The summed E-state index contributed by atoms with van der Waals surface area (Å²) in [6.07, 6.45) is 1.59. The summed E-state index contributed by atoms with van der Waals surface area (Å²) in [7, 11) is 0. The van der Waals surface area contributed by atoms with E-state index < -0.39 is 17.7 Å². The number of aliphatic hydroxyl groups is 1. The van der Waals surface area contributed by atoms with Crippen molar-refractivity contribution in [1.29, 1.82) is 0 Å². The monoisotopic (exact) mass is 361 g/mol. The molecule has 2 aromatic carbocycles. The maximum absolute atomic E-state index is 12.7. The molecule has 3 rings (SSSR count). The second-order valence-electron chi connectivity index (χ2n) is 6.93. The third-order valence-corrected chi connectivity index (χ3v) is 4.83. The Morgan fingerprint density at radius 3 is 2.30 bits per heavy atom. The molecule has 0 spiro atoms. The smallest absolute Gasteiger partial charge is 0.295 e. The molecule has 0 saturated carbocycles. The van der Waals surface area contributed by atoms with Crippen LogP contribution in [0, 0.1) is 0 Å². The highest BCUT2D eigenvalue weighted by atomic mass is 16.3. The standard InChI is InChI=1S/C23H23NO3/c1-4-14-24-20(17-12-10-16(11-13-17)15(2)3)19(22(26)23(24)27)21(25)18-8-6-5-7-9-18/h4-13,15,20,25H,1,14H2,2-3H3/b21-19+. The molecule has 1 fully saturated rings. The number of hydrogen-bond acceptors (Lipinski definition) is 3. The van der Waals surface area contributed by atoms with Crippen LogP contribution in [0.1, 0.15) is 42.5 Å². The van der Waals surface area contributed by atoms with Gasteiger partial charge in [-0.25, -0.2) is 0 Å². The van der Waals surface area contributed by atoms with Gasteiger partial charge in [-0.05, 0) is 17.0 Å². The van der Waals surface area contributed by atoms with Gasteiger partial charge < -0.3 is 10.0 Å². The maximum atomic E-state index is 12.7. The first-order valence-electron chi connectivity index (χ1n) is 9.00. The molecular formula is C23H23NO3. The molecule has 1 unspecified atom stereocenters. The van der Waals surface area contributed by atoms with Crippen LogP contribution in [0.4, 0.5) is 0 Å². The lowest BCUT2D eigenvalue weighted by Crippen LogP contribution is -2.29. The molecule has 0 aromatic heterocycles. The van der Waals surface area contributed by atoms with Crippen LogP contribution < -0.4 is 0 Å². The summed E-state index contributed by atoms with van der Waals surface area (Å²) >= 11 is 0. The zero-order valence-electron chi connectivity index (χ0n) is 15.6. The molecule has 1 heterocycles. The van der Waals surface area contributed by atoms with E-state index in [0.717, 1.165) is 5.56 Å². The van der Waals surface area contributed by atoms with Crippen molar-refractivity contribution in [3.63, 3.8) is 0 Å². The van der Waals surface area contributed by atoms with Crippen molar-refractivity contribution in [3.8, 4) is 0 Å². The van der Waals surface area contributed by atoms with Crippen LogP contribution in [0.5, 0.6) is 0 Å². The molecule has 1 aliphatic rings. The Hall–Kier alpha value is -3.14. The van der Waals surface area contributed by atoms with Crippen molar-refractivity contribution in [1.82, 2.24) is 4.90 Å². The van der Waals surface area contributed by atoms with Gasteiger partial charge >= 0.3 is 0 Å². The molecule has 138 valence electrons. The summed E-state index contributed by atoms with van der Waals surface area (Å²) in [4.78, 5) is 26.8. The number of carbonyl (C=O) groups is 2. The molecule has 0 aliphatic carbocycles. The SMILES string of the molecule is C=CCN1C(=O)C(=O)/C(=C(/O)c2ccccc2)C1c1ccc(C(C)C)cc1. The average molecular weight is 361 g/mol. The molecule has 2 aromatic rings. The fourth-order valence-electron chi connectivity index (χ4n) is 3.37. The van der Waals surface area contributed by atoms with E-state index in [-0.39, 0.29) is 17.9 Å². The summed E-state index contributed by atoms with van der Waals surface area (Å²) in [5.74, 6) is -1.07. The van der Waals surface area contributed by atoms with Crippen molar-refractivity contribution >= 4 is 17.4 Å². The lowest BCUT2D eigenvalue weighted by molar-refractivity contribution is -0.139. The van der Waals surface area contributed by atoms with Gasteiger partial charge in [0.2, 0.25) is 0 Å². The van der Waals surface area contributed by atoms with E-state index in [0.29, 0.717) is 11.5 Å². The molecule has 1 saturated heterocycles. The number of Topliss-reactive ketones (excluding diaryl/α,β-unsaturated/α-hetero) is 1. The minimum absolute atomic E-state index is 0.116. The Morgan fingerprint density at radius 1 is 1.11 bits per heavy atom. The van der Waals surface area contributed by atoms with Crippen LogP contribution in [0.25, 0.3) is 5.76 Å². The summed E-state index contributed by atoms with van der Waals surface area (Å²) in [5, 5.41) is 10.8. The summed E-state index contributed by atoms with van der Waals surface area (Å²) < 4.78 is 0. The number of nitrogens with zero attached hydrogens (tertiary/aromatic N) is 1.